The van der Waals surface area contributed by atoms with Crippen molar-refractivity contribution in [1.82, 2.24) is 15.2 Å². The van der Waals surface area contributed by atoms with Crippen molar-refractivity contribution in [2.75, 3.05) is 37.7 Å². The summed E-state index contributed by atoms with van der Waals surface area (Å²) in [5, 5.41) is 3.06. The summed E-state index contributed by atoms with van der Waals surface area (Å²) in [5.41, 5.74) is 5.36. The molecule has 3 aliphatic rings. The number of pyridine rings is 1. The predicted octanol–water partition coefficient (Wildman–Crippen LogP) is 4.13. The molecular weight excluding hydrogens is 476 g/mol. The number of aromatic amines is 1. The van der Waals surface area contributed by atoms with Gasteiger partial charge < -0.3 is 19.9 Å². The molecule has 1 aromatic heterocycles. The molecule has 7 nitrogen and oxygen atoms in total. The molecule has 7 heteroatoms. The molecule has 0 atom stereocenters. The van der Waals surface area contributed by atoms with Crippen LogP contribution in [0.15, 0.2) is 41.2 Å². The van der Waals surface area contributed by atoms with E-state index in [1.54, 1.807) is 0 Å². The first-order valence-electron chi connectivity index (χ1n) is 14.4. The van der Waals surface area contributed by atoms with Crippen molar-refractivity contribution in [3.8, 4) is 0 Å². The Balaban J connectivity index is 1.38. The van der Waals surface area contributed by atoms with Crippen molar-refractivity contribution in [3.63, 3.8) is 0 Å². The molecule has 0 bridgehead atoms. The number of ether oxygens (including phenoxy) is 1. The van der Waals surface area contributed by atoms with Gasteiger partial charge in [0.2, 0.25) is 0 Å². The Kier molecular flexibility index (Phi) is 8.65. The van der Waals surface area contributed by atoms with Gasteiger partial charge in [0.15, 0.2) is 0 Å². The van der Waals surface area contributed by atoms with Gasteiger partial charge in [0.25, 0.3) is 11.5 Å². The zero-order valence-electron chi connectivity index (χ0n) is 22.9. The molecule has 1 saturated heterocycles. The van der Waals surface area contributed by atoms with E-state index in [-0.39, 0.29) is 18.0 Å². The van der Waals surface area contributed by atoms with Crippen LogP contribution in [0.3, 0.4) is 0 Å². The van der Waals surface area contributed by atoms with Crippen LogP contribution in [-0.4, -0.2) is 60.7 Å². The number of hydrogen-bond acceptors (Lipinski definition) is 5. The third-order valence-electron chi connectivity index (χ3n) is 8.57. The number of allylic oxidation sites excluding steroid dienone is 2. The summed E-state index contributed by atoms with van der Waals surface area (Å²) >= 11 is 0. The van der Waals surface area contributed by atoms with E-state index < -0.39 is 0 Å². The zero-order valence-corrected chi connectivity index (χ0v) is 22.9. The summed E-state index contributed by atoms with van der Waals surface area (Å²) in [6, 6.07) is 9.29. The Morgan fingerprint density at radius 1 is 1.05 bits per heavy atom. The van der Waals surface area contributed by atoms with Gasteiger partial charge in [0, 0.05) is 60.8 Å². The number of hydrogen-bond donors (Lipinski definition) is 2. The molecule has 1 aliphatic carbocycles. The number of carbonyl (C=O) groups excluding carboxylic acids is 1. The molecule has 38 heavy (non-hydrogen) atoms. The maximum absolute atomic E-state index is 13.5. The van der Waals surface area contributed by atoms with Crippen molar-refractivity contribution in [3.05, 3.63) is 74.7 Å². The first-order valence-corrected chi connectivity index (χ1v) is 14.4. The van der Waals surface area contributed by atoms with Gasteiger partial charge >= 0.3 is 0 Å². The fourth-order valence-corrected chi connectivity index (χ4v) is 6.60. The maximum atomic E-state index is 13.5. The van der Waals surface area contributed by atoms with E-state index in [0.717, 1.165) is 68.9 Å². The van der Waals surface area contributed by atoms with Gasteiger partial charge in [-0.25, -0.2) is 0 Å². The Morgan fingerprint density at radius 3 is 2.61 bits per heavy atom. The largest absolute Gasteiger partial charge is 0.379 e. The fraction of sp³-hybridized carbons (Fsp3) is 0.548. The van der Waals surface area contributed by atoms with E-state index in [2.05, 4.69) is 45.2 Å². The van der Waals surface area contributed by atoms with E-state index in [1.807, 2.05) is 25.1 Å². The second kappa shape index (κ2) is 12.3. The van der Waals surface area contributed by atoms with Crippen LogP contribution in [0, 0.1) is 6.92 Å². The molecule has 1 saturated carbocycles. The lowest BCUT2D eigenvalue weighted by molar-refractivity contribution is 0.00730. The highest BCUT2D eigenvalue weighted by molar-refractivity contribution is 5.97. The number of aryl methyl sites for hydroxylation is 2. The lowest BCUT2D eigenvalue weighted by Gasteiger charge is -2.43. The summed E-state index contributed by atoms with van der Waals surface area (Å²) in [5.74, 6) is -0.117. The normalized spacial score (nSPS) is 23.8. The maximum Gasteiger partial charge on any atom is 0.253 e. The highest BCUT2D eigenvalue weighted by Crippen LogP contribution is 2.33. The van der Waals surface area contributed by atoms with Crippen molar-refractivity contribution in [1.29, 1.82) is 0 Å². The molecule has 0 radical (unpaired) electrons. The van der Waals surface area contributed by atoms with Gasteiger partial charge in [-0.3, -0.25) is 14.5 Å². The van der Waals surface area contributed by atoms with Crippen molar-refractivity contribution < 1.29 is 9.53 Å². The second-order valence-electron chi connectivity index (χ2n) is 10.9. The molecule has 2 aromatic rings. The topological polar surface area (TPSA) is 77.7 Å². The minimum Gasteiger partial charge on any atom is -0.379 e. The standard InChI is InChI=1S/C31H42N4O3/c1-3-35(25-14-12-24(13-15-25)34-16-18-38-19-17-34)29-11-7-10-27-26(29)9-6-4-5-8-23-20-22(2)33-31(37)28(23)21-32-30(27)36/h4,6-7,10-11,20,24-25H,3,5,8-9,12-19,21H2,1-2H3,(H,32,36)(H,33,37)/b6-4+/t24-,25+. The van der Waals surface area contributed by atoms with Crippen LogP contribution in [0.1, 0.15) is 71.8 Å². The molecule has 5 rings (SSSR count). The summed E-state index contributed by atoms with van der Waals surface area (Å²) < 4.78 is 5.56. The molecule has 0 unspecified atom stereocenters. The van der Waals surface area contributed by atoms with Crippen molar-refractivity contribution in [2.45, 2.75) is 77.4 Å². The average molecular weight is 519 g/mol. The highest BCUT2D eigenvalue weighted by atomic mass is 16.5. The van der Waals surface area contributed by atoms with Crippen LogP contribution < -0.4 is 15.8 Å². The summed E-state index contributed by atoms with van der Waals surface area (Å²) in [7, 11) is 0. The molecule has 1 amide bonds. The predicted molar refractivity (Wildman–Crippen MR) is 152 cm³/mol. The van der Waals surface area contributed by atoms with Gasteiger partial charge in [-0.1, -0.05) is 18.2 Å². The fourth-order valence-electron chi connectivity index (χ4n) is 6.60. The third-order valence-corrected chi connectivity index (χ3v) is 8.57. The third kappa shape index (κ3) is 5.89. The quantitative estimate of drug-likeness (QED) is 0.596. The van der Waals surface area contributed by atoms with E-state index in [1.165, 1.54) is 31.4 Å². The molecule has 3 heterocycles. The van der Waals surface area contributed by atoms with Gasteiger partial charge in [-0.15, -0.1) is 0 Å². The lowest BCUT2D eigenvalue weighted by Crippen LogP contribution is -2.48. The van der Waals surface area contributed by atoms with E-state index in [0.29, 0.717) is 23.2 Å². The zero-order chi connectivity index (χ0) is 26.5. The molecule has 1 aromatic carbocycles. The van der Waals surface area contributed by atoms with Crippen molar-refractivity contribution >= 4 is 11.6 Å². The summed E-state index contributed by atoms with van der Waals surface area (Å²) in [4.78, 5) is 34.2. The number of aromatic nitrogens is 1. The lowest BCUT2D eigenvalue weighted by atomic mass is 9.88. The monoisotopic (exact) mass is 518 g/mol. The summed E-state index contributed by atoms with van der Waals surface area (Å²) in [6.45, 7) is 9.09. The number of fused-ring (bicyclic) bond motifs is 2. The molecular formula is C31H42N4O3. The number of benzene rings is 1. The van der Waals surface area contributed by atoms with Crippen LogP contribution in [0.5, 0.6) is 0 Å². The Bertz CT molecular complexity index is 1210. The van der Waals surface area contributed by atoms with E-state index in [4.69, 9.17) is 4.74 Å². The minimum atomic E-state index is -0.117. The van der Waals surface area contributed by atoms with Crippen LogP contribution in [0.25, 0.3) is 0 Å². The number of anilines is 1. The molecule has 2 aliphatic heterocycles. The molecule has 2 fully saturated rings. The Hall–Kier alpha value is -2.90. The number of amides is 1. The molecule has 0 spiro atoms. The van der Waals surface area contributed by atoms with Crippen LogP contribution in [-0.2, 0) is 24.1 Å². The summed E-state index contributed by atoms with van der Waals surface area (Å²) in [6.07, 6.45) is 11.5. The SMILES string of the molecule is CCN(c1cccc2c1C/C=C/CCc1cc(C)[nH]c(=O)c1CNC2=O)[C@H]1CC[C@@H](N2CCOCC2)CC1. The van der Waals surface area contributed by atoms with Crippen LogP contribution in [0.2, 0.25) is 0 Å². The van der Waals surface area contributed by atoms with E-state index in [9.17, 15) is 9.59 Å². The Morgan fingerprint density at radius 2 is 1.84 bits per heavy atom. The first kappa shape index (κ1) is 26.7. The van der Waals surface area contributed by atoms with Gasteiger partial charge in [-0.2, -0.15) is 0 Å². The number of carbonyl (C=O) groups is 1. The van der Waals surface area contributed by atoms with Gasteiger partial charge in [0.05, 0.1) is 13.2 Å². The second-order valence-corrected chi connectivity index (χ2v) is 10.9. The minimum absolute atomic E-state index is 0.111. The van der Waals surface area contributed by atoms with Gasteiger partial charge in [0.1, 0.15) is 0 Å². The molecule has 204 valence electrons. The molecule has 2 N–H and O–H groups in total. The highest BCUT2D eigenvalue weighted by Gasteiger charge is 2.30. The first-order chi connectivity index (χ1) is 18.5. The number of nitrogens with one attached hydrogen (secondary N) is 2. The van der Waals surface area contributed by atoms with E-state index >= 15 is 0 Å². The smallest absolute Gasteiger partial charge is 0.253 e. The number of morpholine rings is 1. The van der Waals surface area contributed by atoms with Crippen LogP contribution in [0.4, 0.5) is 5.69 Å². The van der Waals surface area contributed by atoms with Gasteiger partial charge in [-0.05, 0) is 88.1 Å². The number of rotatable bonds is 4. The van der Waals surface area contributed by atoms with Crippen molar-refractivity contribution in [2.24, 2.45) is 0 Å². The Labute approximate surface area is 226 Å². The average Bonchev–Trinajstić information content (AvgIpc) is 2.93. The number of H-pyrrole nitrogens is 1. The number of nitrogens with zero attached hydrogens (tertiary/aromatic N) is 2. The van der Waals surface area contributed by atoms with Crippen LogP contribution >= 0.6 is 0 Å².